The summed E-state index contributed by atoms with van der Waals surface area (Å²) in [6.07, 6.45) is 5.25. The summed E-state index contributed by atoms with van der Waals surface area (Å²) in [7, 11) is 0. The van der Waals surface area contributed by atoms with Crippen molar-refractivity contribution in [3.8, 4) is 0 Å². The summed E-state index contributed by atoms with van der Waals surface area (Å²) in [5.41, 5.74) is 2.44. The lowest BCUT2D eigenvalue weighted by Gasteiger charge is -2.32. The van der Waals surface area contributed by atoms with Crippen molar-refractivity contribution >= 4 is 11.0 Å². The number of benzene rings is 1. The number of para-hydroxylation sites is 2. The van der Waals surface area contributed by atoms with E-state index in [2.05, 4.69) is 54.5 Å². The second kappa shape index (κ2) is 6.82. The molecular weight excluding hydrogens is 270 g/mol. The highest BCUT2D eigenvalue weighted by atomic mass is 15.2. The summed E-state index contributed by atoms with van der Waals surface area (Å²) >= 11 is 0. The number of hydrogen-bond acceptors (Lipinski definition) is 2. The number of aromatic nitrogens is 2. The van der Waals surface area contributed by atoms with E-state index in [1.165, 1.54) is 50.1 Å². The summed E-state index contributed by atoms with van der Waals surface area (Å²) in [5, 5.41) is 0. The molecule has 3 heteroatoms. The Bertz CT molecular complexity index is 608. The third kappa shape index (κ3) is 3.19. The van der Waals surface area contributed by atoms with Crippen LogP contribution in [0.25, 0.3) is 11.0 Å². The zero-order valence-electron chi connectivity index (χ0n) is 14.3. The van der Waals surface area contributed by atoms with Gasteiger partial charge in [0, 0.05) is 6.54 Å². The molecule has 3 nitrogen and oxygen atoms in total. The molecule has 1 atom stereocenters. The van der Waals surface area contributed by atoms with Crippen molar-refractivity contribution < 1.29 is 0 Å². The fourth-order valence-corrected chi connectivity index (χ4v) is 3.50. The zero-order valence-corrected chi connectivity index (χ0v) is 14.3. The van der Waals surface area contributed by atoms with Crippen LogP contribution in [0.5, 0.6) is 0 Å². The highest BCUT2D eigenvalue weighted by Crippen LogP contribution is 2.27. The first-order chi connectivity index (χ1) is 10.7. The quantitative estimate of drug-likeness (QED) is 0.802. The van der Waals surface area contributed by atoms with Gasteiger partial charge in [-0.3, -0.25) is 4.90 Å². The first-order valence-electron chi connectivity index (χ1n) is 8.86. The molecule has 1 aliphatic rings. The standard InChI is InChI=1S/C19H29N3/c1-15(2)11-14-22-18-10-6-5-9-17(18)20-19(22)16(3)21-12-7-4-8-13-21/h5-6,9-10,15-16H,4,7-8,11-14H2,1-3H3. The molecule has 0 radical (unpaired) electrons. The summed E-state index contributed by atoms with van der Waals surface area (Å²) in [6, 6.07) is 9.01. The number of imidazole rings is 1. The Hall–Kier alpha value is -1.35. The van der Waals surface area contributed by atoms with E-state index in [1.54, 1.807) is 0 Å². The minimum absolute atomic E-state index is 0.417. The van der Waals surface area contributed by atoms with Crippen molar-refractivity contribution in [3.05, 3.63) is 30.1 Å². The molecule has 120 valence electrons. The van der Waals surface area contributed by atoms with Gasteiger partial charge in [-0.1, -0.05) is 32.4 Å². The largest absolute Gasteiger partial charge is 0.327 e. The Morgan fingerprint density at radius 2 is 1.77 bits per heavy atom. The first kappa shape index (κ1) is 15.5. The van der Waals surface area contributed by atoms with E-state index >= 15 is 0 Å². The second-order valence-corrected chi connectivity index (χ2v) is 7.07. The molecule has 1 aliphatic heterocycles. The maximum absolute atomic E-state index is 4.99. The third-order valence-corrected chi connectivity index (χ3v) is 4.93. The molecule has 0 N–H and O–H groups in total. The normalized spacial score (nSPS) is 18.2. The Morgan fingerprint density at radius 1 is 1.05 bits per heavy atom. The predicted molar refractivity (Wildman–Crippen MR) is 93.0 cm³/mol. The fraction of sp³-hybridized carbons (Fsp3) is 0.632. The molecule has 1 fully saturated rings. The molecule has 0 aliphatic carbocycles. The molecular formula is C19H29N3. The van der Waals surface area contributed by atoms with Crippen LogP contribution in [-0.2, 0) is 6.54 Å². The zero-order chi connectivity index (χ0) is 15.5. The molecule has 2 heterocycles. The van der Waals surface area contributed by atoms with Gasteiger partial charge >= 0.3 is 0 Å². The lowest BCUT2D eigenvalue weighted by atomic mass is 10.1. The number of fused-ring (bicyclic) bond motifs is 1. The Balaban J connectivity index is 1.93. The van der Waals surface area contributed by atoms with Crippen molar-refractivity contribution in [1.82, 2.24) is 14.5 Å². The minimum Gasteiger partial charge on any atom is -0.327 e. The van der Waals surface area contributed by atoms with Crippen molar-refractivity contribution in [2.45, 2.75) is 59.0 Å². The molecule has 0 amide bonds. The number of rotatable bonds is 5. The molecule has 1 aromatic heterocycles. The minimum atomic E-state index is 0.417. The smallest absolute Gasteiger partial charge is 0.127 e. The molecule has 22 heavy (non-hydrogen) atoms. The van der Waals surface area contributed by atoms with Crippen LogP contribution < -0.4 is 0 Å². The lowest BCUT2D eigenvalue weighted by molar-refractivity contribution is 0.166. The molecule has 3 rings (SSSR count). The maximum Gasteiger partial charge on any atom is 0.127 e. The maximum atomic E-state index is 4.99. The molecule has 2 aromatic rings. The highest BCUT2D eigenvalue weighted by Gasteiger charge is 2.23. The molecule has 1 saturated heterocycles. The van der Waals surface area contributed by atoms with Gasteiger partial charge in [0.1, 0.15) is 5.82 Å². The van der Waals surface area contributed by atoms with Crippen LogP contribution in [0.3, 0.4) is 0 Å². The third-order valence-electron chi connectivity index (χ3n) is 4.93. The van der Waals surface area contributed by atoms with E-state index in [0.717, 1.165) is 18.0 Å². The molecule has 0 spiro atoms. The van der Waals surface area contributed by atoms with Crippen LogP contribution >= 0.6 is 0 Å². The van der Waals surface area contributed by atoms with Crippen LogP contribution in [0.15, 0.2) is 24.3 Å². The van der Waals surface area contributed by atoms with Gasteiger partial charge in [-0.2, -0.15) is 0 Å². The van der Waals surface area contributed by atoms with Crippen LogP contribution in [0.4, 0.5) is 0 Å². The SMILES string of the molecule is CC(C)CCn1c(C(C)N2CCCCC2)nc2ccccc21. The average molecular weight is 299 g/mol. The van der Waals surface area contributed by atoms with Crippen molar-refractivity contribution in [2.24, 2.45) is 5.92 Å². The van der Waals surface area contributed by atoms with Crippen LogP contribution in [0.1, 0.15) is 58.3 Å². The number of likely N-dealkylation sites (tertiary alicyclic amines) is 1. The molecule has 1 unspecified atom stereocenters. The van der Waals surface area contributed by atoms with E-state index in [1.807, 2.05) is 0 Å². The summed E-state index contributed by atoms with van der Waals surface area (Å²) in [5.74, 6) is 1.98. The Labute approximate surface area is 134 Å². The van der Waals surface area contributed by atoms with Gasteiger partial charge < -0.3 is 4.57 Å². The molecule has 0 saturated carbocycles. The number of piperidine rings is 1. The number of nitrogens with zero attached hydrogens (tertiary/aromatic N) is 3. The van der Waals surface area contributed by atoms with Crippen LogP contribution in [0, 0.1) is 5.92 Å². The summed E-state index contributed by atoms with van der Waals surface area (Å²) < 4.78 is 2.47. The van der Waals surface area contributed by atoms with E-state index in [4.69, 9.17) is 4.98 Å². The molecule has 0 bridgehead atoms. The van der Waals surface area contributed by atoms with E-state index in [9.17, 15) is 0 Å². The van der Waals surface area contributed by atoms with E-state index in [0.29, 0.717) is 6.04 Å². The Kier molecular flexibility index (Phi) is 4.82. The number of hydrogen-bond donors (Lipinski definition) is 0. The lowest BCUT2D eigenvalue weighted by Crippen LogP contribution is -2.33. The topological polar surface area (TPSA) is 21.1 Å². The summed E-state index contributed by atoms with van der Waals surface area (Å²) in [6.45, 7) is 10.4. The van der Waals surface area contributed by atoms with Gasteiger partial charge in [0.2, 0.25) is 0 Å². The van der Waals surface area contributed by atoms with Gasteiger partial charge in [-0.15, -0.1) is 0 Å². The second-order valence-electron chi connectivity index (χ2n) is 7.07. The van der Waals surface area contributed by atoms with Crippen LogP contribution in [0.2, 0.25) is 0 Å². The van der Waals surface area contributed by atoms with Crippen molar-refractivity contribution in [3.63, 3.8) is 0 Å². The Morgan fingerprint density at radius 3 is 2.50 bits per heavy atom. The van der Waals surface area contributed by atoms with E-state index in [-0.39, 0.29) is 0 Å². The first-order valence-corrected chi connectivity index (χ1v) is 8.86. The fourth-order valence-electron chi connectivity index (χ4n) is 3.50. The van der Waals surface area contributed by atoms with Gasteiger partial charge in [0.15, 0.2) is 0 Å². The van der Waals surface area contributed by atoms with E-state index < -0.39 is 0 Å². The highest BCUT2D eigenvalue weighted by molar-refractivity contribution is 5.76. The van der Waals surface area contributed by atoms with Crippen molar-refractivity contribution in [1.29, 1.82) is 0 Å². The van der Waals surface area contributed by atoms with Crippen molar-refractivity contribution in [2.75, 3.05) is 13.1 Å². The van der Waals surface area contributed by atoms with Crippen LogP contribution in [-0.4, -0.2) is 27.5 Å². The molecule has 1 aromatic carbocycles. The van der Waals surface area contributed by atoms with Gasteiger partial charge in [-0.05, 0) is 57.3 Å². The number of aryl methyl sites for hydroxylation is 1. The summed E-state index contributed by atoms with van der Waals surface area (Å²) in [4.78, 5) is 7.59. The van der Waals surface area contributed by atoms with Gasteiger partial charge in [0.25, 0.3) is 0 Å². The average Bonchev–Trinajstić information content (AvgIpc) is 2.91. The monoisotopic (exact) mass is 299 g/mol. The van der Waals surface area contributed by atoms with Gasteiger partial charge in [0.05, 0.1) is 17.1 Å². The van der Waals surface area contributed by atoms with Gasteiger partial charge in [-0.25, -0.2) is 4.98 Å². The predicted octanol–water partition coefficient (Wildman–Crippen LogP) is 4.63.